The Morgan fingerprint density at radius 3 is 2.71 bits per heavy atom. The molecular formula is C15H15BrN2O3. The molecule has 0 radical (unpaired) electrons. The lowest BCUT2D eigenvalue weighted by molar-refractivity contribution is -0.385. The van der Waals surface area contributed by atoms with Gasteiger partial charge in [0.2, 0.25) is 0 Å². The van der Waals surface area contributed by atoms with Gasteiger partial charge in [-0.05, 0) is 52.0 Å². The summed E-state index contributed by atoms with van der Waals surface area (Å²) in [6.45, 7) is 0.968. The topological polar surface area (TPSA) is 65.3 Å². The average molecular weight is 351 g/mol. The van der Waals surface area contributed by atoms with Crippen LogP contribution in [-0.4, -0.2) is 16.5 Å². The number of aryl methyl sites for hydroxylation is 1. The molecule has 0 bridgehead atoms. The third-order valence-electron chi connectivity index (χ3n) is 3.02. The number of aromatic nitrogens is 1. The first-order chi connectivity index (χ1) is 10.2. The number of nitro benzene ring substituents is 1. The molecule has 0 atom stereocenters. The maximum absolute atomic E-state index is 10.8. The number of hydrogen-bond donors (Lipinski definition) is 0. The van der Waals surface area contributed by atoms with E-state index in [-0.39, 0.29) is 5.69 Å². The molecule has 0 aliphatic rings. The molecule has 0 aliphatic heterocycles. The van der Waals surface area contributed by atoms with Crippen molar-refractivity contribution in [1.82, 2.24) is 4.98 Å². The van der Waals surface area contributed by atoms with Gasteiger partial charge in [-0.3, -0.25) is 15.1 Å². The largest absolute Gasteiger partial charge is 0.377 e. The minimum atomic E-state index is -0.406. The molecule has 0 aliphatic carbocycles. The van der Waals surface area contributed by atoms with Crippen LogP contribution in [0.3, 0.4) is 0 Å². The standard InChI is InChI=1S/C15H15BrN2O3/c16-15-13(4-1-5-14(15)18(19)20)11-21-10-2-3-12-6-8-17-9-7-12/h1,4-9H,2-3,10-11H2. The third kappa shape index (κ3) is 4.61. The van der Waals surface area contributed by atoms with Crippen molar-refractivity contribution in [1.29, 1.82) is 0 Å². The first-order valence-corrected chi connectivity index (χ1v) is 7.36. The van der Waals surface area contributed by atoms with Gasteiger partial charge in [-0.2, -0.15) is 0 Å². The fourth-order valence-corrected chi connectivity index (χ4v) is 2.45. The number of halogens is 1. The number of pyridine rings is 1. The number of ether oxygens (including phenoxy) is 1. The summed E-state index contributed by atoms with van der Waals surface area (Å²) in [5.41, 5.74) is 2.08. The Balaban J connectivity index is 1.79. The number of hydrogen-bond acceptors (Lipinski definition) is 4. The number of rotatable bonds is 7. The van der Waals surface area contributed by atoms with Crippen LogP contribution >= 0.6 is 15.9 Å². The molecule has 1 heterocycles. The van der Waals surface area contributed by atoms with Gasteiger partial charge in [-0.25, -0.2) is 0 Å². The fourth-order valence-electron chi connectivity index (χ4n) is 1.93. The van der Waals surface area contributed by atoms with Crippen molar-refractivity contribution >= 4 is 21.6 Å². The molecular weight excluding hydrogens is 336 g/mol. The fraction of sp³-hybridized carbons (Fsp3) is 0.267. The second kappa shape index (κ2) is 7.85. The van der Waals surface area contributed by atoms with Crippen molar-refractivity contribution in [2.75, 3.05) is 6.61 Å². The van der Waals surface area contributed by atoms with E-state index >= 15 is 0 Å². The van der Waals surface area contributed by atoms with E-state index in [1.807, 2.05) is 18.2 Å². The van der Waals surface area contributed by atoms with E-state index in [2.05, 4.69) is 20.9 Å². The van der Waals surface area contributed by atoms with Crippen LogP contribution in [0, 0.1) is 10.1 Å². The summed E-state index contributed by atoms with van der Waals surface area (Å²) in [7, 11) is 0. The van der Waals surface area contributed by atoms with Gasteiger partial charge in [-0.1, -0.05) is 12.1 Å². The molecule has 0 amide bonds. The van der Waals surface area contributed by atoms with Gasteiger partial charge in [0.15, 0.2) is 0 Å². The van der Waals surface area contributed by atoms with Gasteiger partial charge >= 0.3 is 0 Å². The van der Waals surface area contributed by atoms with Crippen molar-refractivity contribution in [2.24, 2.45) is 0 Å². The van der Waals surface area contributed by atoms with Gasteiger partial charge in [0, 0.05) is 25.1 Å². The molecule has 0 N–H and O–H groups in total. The maximum atomic E-state index is 10.8. The second-order valence-corrected chi connectivity index (χ2v) is 5.31. The van der Waals surface area contributed by atoms with Crippen molar-refractivity contribution < 1.29 is 9.66 Å². The molecule has 1 aromatic heterocycles. The molecule has 1 aromatic carbocycles. The molecule has 0 saturated heterocycles. The van der Waals surface area contributed by atoms with Crippen LogP contribution in [-0.2, 0) is 17.8 Å². The first-order valence-electron chi connectivity index (χ1n) is 6.57. The number of nitrogens with zero attached hydrogens (tertiary/aromatic N) is 2. The van der Waals surface area contributed by atoms with Crippen LogP contribution in [0.15, 0.2) is 47.2 Å². The van der Waals surface area contributed by atoms with E-state index in [9.17, 15) is 10.1 Å². The highest BCUT2D eigenvalue weighted by atomic mass is 79.9. The van der Waals surface area contributed by atoms with Crippen LogP contribution in [0.1, 0.15) is 17.5 Å². The predicted molar refractivity (Wildman–Crippen MR) is 83.0 cm³/mol. The van der Waals surface area contributed by atoms with E-state index in [4.69, 9.17) is 4.74 Å². The molecule has 110 valence electrons. The lowest BCUT2D eigenvalue weighted by Crippen LogP contribution is -2.00. The summed E-state index contributed by atoms with van der Waals surface area (Å²) < 4.78 is 6.08. The molecule has 6 heteroatoms. The minimum Gasteiger partial charge on any atom is -0.377 e. The Morgan fingerprint density at radius 1 is 1.24 bits per heavy atom. The molecule has 2 aromatic rings. The van der Waals surface area contributed by atoms with Gasteiger partial charge < -0.3 is 4.74 Å². The first kappa shape index (κ1) is 15.6. The van der Waals surface area contributed by atoms with Gasteiger partial charge in [0.05, 0.1) is 11.5 Å². The van der Waals surface area contributed by atoms with Gasteiger partial charge in [0.1, 0.15) is 4.47 Å². The SMILES string of the molecule is O=[N+]([O-])c1cccc(COCCCc2ccncc2)c1Br. The Kier molecular flexibility index (Phi) is 5.83. The molecule has 0 fully saturated rings. The van der Waals surface area contributed by atoms with Crippen LogP contribution in [0.25, 0.3) is 0 Å². The summed E-state index contributed by atoms with van der Waals surface area (Å²) >= 11 is 3.26. The molecule has 21 heavy (non-hydrogen) atoms. The van der Waals surface area contributed by atoms with Crippen molar-refractivity contribution in [3.05, 3.63) is 68.4 Å². The van der Waals surface area contributed by atoms with Crippen molar-refractivity contribution in [3.8, 4) is 0 Å². The number of benzene rings is 1. The monoisotopic (exact) mass is 350 g/mol. The molecule has 0 spiro atoms. The Hall–Kier alpha value is -1.79. The Labute approximate surface area is 131 Å². The maximum Gasteiger partial charge on any atom is 0.283 e. The highest BCUT2D eigenvalue weighted by Gasteiger charge is 2.14. The molecule has 5 nitrogen and oxygen atoms in total. The van der Waals surface area contributed by atoms with E-state index in [0.717, 1.165) is 18.4 Å². The van der Waals surface area contributed by atoms with E-state index in [1.54, 1.807) is 18.5 Å². The highest BCUT2D eigenvalue weighted by Crippen LogP contribution is 2.28. The summed E-state index contributed by atoms with van der Waals surface area (Å²) in [5.74, 6) is 0. The van der Waals surface area contributed by atoms with E-state index in [1.165, 1.54) is 11.6 Å². The zero-order chi connectivity index (χ0) is 15.1. The van der Waals surface area contributed by atoms with Crippen LogP contribution in [0.2, 0.25) is 0 Å². The van der Waals surface area contributed by atoms with Crippen molar-refractivity contribution in [2.45, 2.75) is 19.4 Å². The lowest BCUT2D eigenvalue weighted by Gasteiger charge is -2.07. The van der Waals surface area contributed by atoms with Crippen LogP contribution < -0.4 is 0 Å². The summed E-state index contributed by atoms with van der Waals surface area (Å²) in [4.78, 5) is 14.4. The Bertz CT molecular complexity index is 605. The third-order valence-corrected chi connectivity index (χ3v) is 3.93. The van der Waals surface area contributed by atoms with Crippen molar-refractivity contribution in [3.63, 3.8) is 0 Å². The summed E-state index contributed by atoms with van der Waals surface area (Å²) in [6.07, 6.45) is 5.38. The molecule has 0 unspecified atom stereocenters. The number of nitro groups is 1. The zero-order valence-electron chi connectivity index (χ0n) is 11.4. The minimum absolute atomic E-state index is 0.0629. The lowest BCUT2D eigenvalue weighted by atomic mass is 10.1. The Morgan fingerprint density at radius 2 is 2.00 bits per heavy atom. The van der Waals surface area contributed by atoms with Crippen LogP contribution in [0.4, 0.5) is 5.69 Å². The molecule has 0 saturated carbocycles. The van der Waals surface area contributed by atoms with Crippen LogP contribution in [0.5, 0.6) is 0 Å². The summed E-state index contributed by atoms with van der Waals surface area (Å²) in [5, 5.41) is 10.8. The van der Waals surface area contributed by atoms with Gasteiger partial charge in [-0.15, -0.1) is 0 Å². The second-order valence-electron chi connectivity index (χ2n) is 4.52. The average Bonchev–Trinajstić information content (AvgIpc) is 2.49. The predicted octanol–water partition coefficient (Wildman–Crippen LogP) is 3.90. The smallest absolute Gasteiger partial charge is 0.283 e. The highest BCUT2D eigenvalue weighted by molar-refractivity contribution is 9.10. The van der Waals surface area contributed by atoms with Gasteiger partial charge in [0.25, 0.3) is 5.69 Å². The quantitative estimate of drug-likeness (QED) is 0.431. The summed E-state index contributed by atoms with van der Waals surface area (Å²) in [6, 6.07) is 8.92. The van der Waals surface area contributed by atoms with E-state index < -0.39 is 4.92 Å². The van der Waals surface area contributed by atoms with E-state index in [0.29, 0.717) is 17.7 Å². The molecule has 2 rings (SSSR count). The zero-order valence-corrected chi connectivity index (χ0v) is 13.0. The normalized spacial score (nSPS) is 10.5.